The van der Waals surface area contributed by atoms with Gasteiger partial charge >= 0.3 is 0 Å². The largest absolute Gasteiger partial charge is 0.375 e. The van der Waals surface area contributed by atoms with Crippen molar-refractivity contribution >= 4 is 21.6 Å². The molecule has 3 rings (SSSR count). The van der Waals surface area contributed by atoms with E-state index in [1.54, 1.807) is 29.2 Å². The van der Waals surface area contributed by atoms with Crippen molar-refractivity contribution in [1.82, 2.24) is 4.31 Å². The second kappa shape index (κ2) is 6.13. The average Bonchev–Trinajstić information content (AvgIpc) is 2.96. The van der Waals surface area contributed by atoms with Gasteiger partial charge in [0.25, 0.3) is 0 Å². The van der Waals surface area contributed by atoms with Crippen LogP contribution in [0, 0.1) is 0 Å². The lowest BCUT2D eigenvalue weighted by atomic mass is 10.1. The Morgan fingerprint density at radius 1 is 1.21 bits per heavy atom. The fourth-order valence-electron chi connectivity index (χ4n) is 3.22. The molecule has 132 valence electrons. The molecule has 1 unspecified atom stereocenters. The van der Waals surface area contributed by atoms with Crippen LogP contribution in [0.15, 0.2) is 29.2 Å². The van der Waals surface area contributed by atoms with Gasteiger partial charge in [0.15, 0.2) is 0 Å². The summed E-state index contributed by atoms with van der Waals surface area (Å²) in [4.78, 5) is 13.8. The van der Waals surface area contributed by atoms with E-state index >= 15 is 0 Å². The summed E-state index contributed by atoms with van der Waals surface area (Å²) in [7, 11) is -3.61. The molecule has 2 aliphatic rings. The highest BCUT2D eigenvalue weighted by Gasteiger charge is 2.41. The molecule has 0 saturated carbocycles. The molecule has 24 heavy (non-hydrogen) atoms. The van der Waals surface area contributed by atoms with Crippen molar-refractivity contribution in [3.8, 4) is 0 Å². The van der Waals surface area contributed by atoms with Gasteiger partial charge in [-0.25, -0.2) is 8.42 Å². The van der Waals surface area contributed by atoms with E-state index in [2.05, 4.69) is 0 Å². The maximum atomic E-state index is 13.0. The predicted molar refractivity (Wildman–Crippen MR) is 91.4 cm³/mol. The minimum absolute atomic E-state index is 0.0914. The van der Waals surface area contributed by atoms with Crippen molar-refractivity contribution in [2.75, 3.05) is 24.6 Å². The lowest BCUT2D eigenvalue weighted by Crippen LogP contribution is -2.57. The molecular formula is C17H24N2O4S. The fraction of sp³-hybridized carbons (Fsp3) is 0.588. The number of hydrogen-bond donors (Lipinski definition) is 0. The molecule has 0 bridgehead atoms. The number of sulfonamides is 1. The lowest BCUT2D eigenvalue weighted by molar-refractivity contribution is -0.117. The third kappa shape index (κ3) is 3.08. The van der Waals surface area contributed by atoms with E-state index in [9.17, 15) is 13.2 Å². The molecular weight excluding hydrogens is 328 g/mol. The van der Waals surface area contributed by atoms with E-state index < -0.39 is 15.6 Å². The molecule has 7 heteroatoms. The second-order valence-electron chi connectivity index (χ2n) is 7.11. The molecule has 0 aliphatic carbocycles. The zero-order valence-corrected chi connectivity index (χ0v) is 15.2. The maximum Gasteiger partial charge on any atom is 0.243 e. The number of nitrogens with zero attached hydrogens (tertiary/aromatic N) is 2. The second-order valence-corrected chi connectivity index (χ2v) is 8.98. The molecule has 0 spiro atoms. The summed E-state index contributed by atoms with van der Waals surface area (Å²) in [6.07, 6.45) is 1.27. The molecule has 2 saturated heterocycles. The molecule has 2 aliphatic heterocycles. The van der Waals surface area contributed by atoms with Gasteiger partial charge in [0.05, 0.1) is 23.1 Å². The van der Waals surface area contributed by atoms with Crippen LogP contribution in [0.3, 0.4) is 0 Å². The number of carbonyl (C=O) groups excluding carboxylic acids is 1. The lowest BCUT2D eigenvalue weighted by Gasteiger charge is -2.43. The number of rotatable bonds is 3. The van der Waals surface area contributed by atoms with Crippen LogP contribution in [0.1, 0.15) is 33.6 Å². The van der Waals surface area contributed by atoms with Crippen LogP contribution >= 0.6 is 0 Å². The predicted octanol–water partition coefficient (Wildman–Crippen LogP) is 2.00. The number of benzene rings is 1. The Balaban J connectivity index is 1.88. The van der Waals surface area contributed by atoms with E-state index in [4.69, 9.17) is 4.74 Å². The van der Waals surface area contributed by atoms with Crippen LogP contribution in [0.5, 0.6) is 0 Å². The van der Waals surface area contributed by atoms with Gasteiger partial charge in [-0.15, -0.1) is 0 Å². The molecule has 0 aromatic heterocycles. The first-order valence-corrected chi connectivity index (χ1v) is 9.71. The zero-order valence-electron chi connectivity index (χ0n) is 14.4. The molecule has 0 N–H and O–H groups in total. The number of carbonyl (C=O) groups is 1. The van der Waals surface area contributed by atoms with Crippen LogP contribution < -0.4 is 4.90 Å². The molecule has 0 radical (unpaired) electrons. The SMILES string of the molecule is CC1CN(S(=O)(=O)c2ccc(N3CCCC3=O)cc2)C(C)(C)CO1. The summed E-state index contributed by atoms with van der Waals surface area (Å²) >= 11 is 0. The summed E-state index contributed by atoms with van der Waals surface area (Å²) in [5.41, 5.74) is 0.167. The number of amides is 1. The Morgan fingerprint density at radius 3 is 2.46 bits per heavy atom. The van der Waals surface area contributed by atoms with Crippen molar-refractivity contribution in [3.63, 3.8) is 0 Å². The summed E-state index contributed by atoms with van der Waals surface area (Å²) in [6.45, 7) is 7.01. The first-order valence-electron chi connectivity index (χ1n) is 8.27. The van der Waals surface area contributed by atoms with Crippen LogP contribution in [-0.4, -0.2) is 50.0 Å². The number of morpholine rings is 1. The molecule has 1 amide bonds. The van der Waals surface area contributed by atoms with Crippen molar-refractivity contribution in [1.29, 1.82) is 0 Å². The first-order chi connectivity index (χ1) is 11.2. The van der Waals surface area contributed by atoms with Gasteiger partial charge in [0.2, 0.25) is 15.9 Å². The van der Waals surface area contributed by atoms with Crippen LogP contribution in [0.2, 0.25) is 0 Å². The van der Waals surface area contributed by atoms with E-state index in [0.29, 0.717) is 26.1 Å². The first kappa shape index (κ1) is 17.4. The minimum Gasteiger partial charge on any atom is -0.375 e. The fourth-order valence-corrected chi connectivity index (χ4v) is 5.07. The van der Waals surface area contributed by atoms with Crippen molar-refractivity contribution in [2.24, 2.45) is 0 Å². The van der Waals surface area contributed by atoms with E-state index in [0.717, 1.165) is 12.1 Å². The summed E-state index contributed by atoms with van der Waals surface area (Å²) in [5, 5.41) is 0. The van der Waals surface area contributed by atoms with Gasteiger partial charge in [-0.2, -0.15) is 4.31 Å². The maximum absolute atomic E-state index is 13.0. The molecule has 2 fully saturated rings. The standard InChI is InChI=1S/C17H24N2O4S/c1-13-11-19(17(2,3)12-23-13)24(21,22)15-8-6-14(7-9-15)18-10-4-5-16(18)20/h6-9,13H,4-5,10-12H2,1-3H3. The quantitative estimate of drug-likeness (QED) is 0.834. The van der Waals surface area contributed by atoms with Crippen LogP contribution in [-0.2, 0) is 19.6 Å². The number of ether oxygens (including phenoxy) is 1. The highest BCUT2D eigenvalue weighted by molar-refractivity contribution is 7.89. The highest BCUT2D eigenvalue weighted by atomic mass is 32.2. The molecule has 2 heterocycles. The smallest absolute Gasteiger partial charge is 0.243 e. The summed E-state index contributed by atoms with van der Waals surface area (Å²) in [5.74, 6) is 0.0914. The van der Waals surface area contributed by atoms with Crippen LogP contribution in [0.25, 0.3) is 0 Å². The topological polar surface area (TPSA) is 66.9 Å². The number of hydrogen-bond acceptors (Lipinski definition) is 4. The van der Waals surface area contributed by atoms with Crippen LogP contribution in [0.4, 0.5) is 5.69 Å². The highest BCUT2D eigenvalue weighted by Crippen LogP contribution is 2.30. The van der Waals surface area contributed by atoms with Gasteiger partial charge in [-0.05, 0) is 51.5 Å². The van der Waals surface area contributed by atoms with Gasteiger partial charge in [-0.3, -0.25) is 4.79 Å². The summed E-state index contributed by atoms with van der Waals surface area (Å²) in [6, 6.07) is 6.61. The van der Waals surface area contributed by atoms with Gasteiger partial charge in [0.1, 0.15) is 0 Å². The third-order valence-corrected chi connectivity index (χ3v) is 6.72. The van der Waals surface area contributed by atoms with Gasteiger partial charge < -0.3 is 9.64 Å². The van der Waals surface area contributed by atoms with Crippen molar-refractivity contribution in [2.45, 2.75) is 50.2 Å². The Morgan fingerprint density at radius 2 is 1.88 bits per heavy atom. The Kier molecular flexibility index (Phi) is 4.44. The minimum atomic E-state index is -3.61. The van der Waals surface area contributed by atoms with Gasteiger partial charge in [-0.1, -0.05) is 0 Å². The third-order valence-electron chi connectivity index (χ3n) is 4.63. The molecule has 1 aromatic rings. The Bertz CT molecular complexity index is 727. The van der Waals surface area contributed by atoms with Gasteiger partial charge in [0, 0.05) is 25.2 Å². The van der Waals surface area contributed by atoms with Crippen molar-refractivity contribution in [3.05, 3.63) is 24.3 Å². The monoisotopic (exact) mass is 352 g/mol. The van der Waals surface area contributed by atoms with E-state index in [-0.39, 0.29) is 16.9 Å². The average molecular weight is 352 g/mol. The normalized spacial score (nSPS) is 25.2. The number of anilines is 1. The van der Waals surface area contributed by atoms with Crippen molar-refractivity contribution < 1.29 is 17.9 Å². The Hall–Kier alpha value is -1.44. The molecule has 6 nitrogen and oxygen atoms in total. The van der Waals surface area contributed by atoms with E-state index in [1.807, 2.05) is 20.8 Å². The Labute approximate surface area is 143 Å². The zero-order chi connectivity index (χ0) is 17.5. The summed E-state index contributed by atoms with van der Waals surface area (Å²) < 4.78 is 33.2. The molecule has 1 atom stereocenters. The molecule has 1 aromatic carbocycles. The van der Waals surface area contributed by atoms with E-state index in [1.165, 1.54) is 4.31 Å².